The monoisotopic (exact) mass is 492 g/mol. The van der Waals surface area contributed by atoms with Crippen LogP contribution < -0.4 is 61.8 Å². The number of carbonyl (C=O) groups is 2. The molecule has 1 amide bonds. The van der Waals surface area contributed by atoms with Crippen molar-refractivity contribution in [3.63, 3.8) is 0 Å². The van der Waals surface area contributed by atoms with E-state index in [9.17, 15) is 19.8 Å². The maximum absolute atomic E-state index is 12.4. The summed E-state index contributed by atoms with van der Waals surface area (Å²) in [5.74, 6) is -1.32. The average molecular weight is 493 g/mol. The molecule has 0 heterocycles. The van der Waals surface area contributed by atoms with Crippen molar-refractivity contribution in [1.29, 1.82) is 0 Å². The Balaban J connectivity index is 0. The Bertz CT molecular complexity index is 515. The fraction of sp³-hybridized carbons (Fsp3) is 0.885. The number of hydrogen-bond donors (Lipinski definition) is 2. The Morgan fingerprint density at radius 2 is 1.39 bits per heavy atom. The molecule has 0 aliphatic carbocycles. The Morgan fingerprint density at radius 1 is 0.818 bits per heavy atom. The molecule has 0 bridgehead atoms. The third-order valence-corrected chi connectivity index (χ3v) is 6.07. The summed E-state index contributed by atoms with van der Waals surface area (Å²) in [6.45, 7) is 6.70. The van der Waals surface area contributed by atoms with Crippen LogP contribution >= 0.6 is 0 Å². The van der Waals surface area contributed by atoms with Gasteiger partial charge in [0.25, 0.3) is 0 Å². The van der Waals surface area contributed by atoms with Gasteiger partial charge in [-0.1, -0.05) is 85.0 Å². The summed E-state index contributed by atoms with van der Waals surface area (Å²) in [6, 6.07) is -0.865. The number of nitrogens with zero attached hydrogens (tertiary/aromatic N) is 1. The number of carboxylic acid groups (broad SMARTS) is 1. The average Bonchev–Trinajstić information content (AvgIpc) is 2.77. The second kappa shape index (κ2) is 25.1. The first-order valence-corrected chi connectivity index (χ1v) is 13.2. The molecule has 7 heteroatoms. The zero-order valence-electron chi connectivity index (χ0n) is 22.0. The van der Waals surface area contributed by atoms with Gasteiger partial charge in [0, 0.05) is 12.5 Å². The first-order chi connectivity index (χ1) is 15.5. The molecule has 0 rings (SSSR count). The van der Waals surface area contributed by atoms with Crippen LogP contribution in [0.1, 0.15) is 130 Å². The molecule has 33 heavy (non-hydrogen) atoms. The largest absolute Gasteiger partial charge is 1.00 e. The van der Waals surface area contributed by atoms with E-state index in [2.05, 4.69) is 24.2 Å². The quantitative estimate of drug-likeness (QED) is 0.105. The van der Waals surface area contributed by atoms with Gasteiger partial charge in [-0.15, -0.1) is 0 Å². The van der Waals surface area contributed by atoms with Crippen molar-refractivity contribution in [1.82, 2.24) is 5.32 Å². The molecule has 0 fully saturated rings. The van der Waals surface area contributed by atoms with Crippen molar-refractivity contribution in [3.8, 4) is 0 Å². The zero-order valence-corrected chi connectivity index (χ0v) is 25.1. The van der Waals surface area contributed by atoms with Crippen LogP contribution in [0.2, 0.25) is 0 Å². The minimum Gasteiger partial charge on any atom is -0.862 e. The molecule has 0 spiro atoms. The van der Waals surface area contributed by atoms with Crippen molar-refractivity contribution in [2.75, 3.05) is 6.54 Å². The van der Waals surface area contributed by atoms with Gasteiger partial charge in [-0.25, -0.2) is 4.79 Å². The molecule has 188 valence electrons. The van der Waals surface area contributed by atoms with Crippen LogP contribution in [0.25, 0.3) is 0 Å². The maximum Gasteiger partial charge on any atom is 1.00 e. The van der Waals surface area contributed by atoms with Crippen LogP contribution in [0.4, 0.5) is 0 Å². The molecular formula is C26H49KN2O4. The molecule has 0 saturated carbocycles. The molecule has 2 atom stereocenters. The smallest absolute Gasteiger partial charge is 0.862 e. The van der Waals surface area contributed by atoms with E-state index in [4.69, 9.17) is 0 Å². The van der Waals surface area contributed by atoms with E-state index in [0.717, 1.165) is 38.5 Å². The van der Waals surface area contributed by atoms with Gasteiger partial charge in [0.1, 0.15) is 6.04 Å². The fourth-order valence-corrected chi connectivity index (χ4v) is 3.85. The summed E-state index contributed by atoms with van der Waals surface area (Å²) in [4.78, 5) is 28.0. The van der Waals surface area contributed by atoms with Gasteiger partial charge >= 0.3 is 57.4 Å². The number of aliphatic imine (C=N–C) groups is 1. The molecule has 0 radical (unpaired) electrons. The van der Waals surface area contributed by atoms with Gasteiger partial charge in [-0.3, -0.25) is 4.79 Å². The number of rotatable bonds is 22. The Kier molecular flexibility index (Phi) is 26.8. The third kappa shape index (κ3) is 21.1. The maximum atomic E-state index is 12.4. The Labute approximate surface area is 245 Å². The predicted molar refractivity (Wildman–Crippen MR) is 131 cm³/mol. The summed E-state index contributed by atoms with van der Waals surface area (Å²) >= 11 is 0. The van der Waals surface area contributed by atoms with Gasteiger partial charge in [-0.05, 0) is 50.8 Å². The van der Waals surface area contributed by atoms with Crippen LogP contribution in [-0.4, -0.2) is 35.5 Å². The van der Waals surface area contributed by atoms with E-state index in [1.807, 2.05) is 6.92 Å². The molecular weight excluding hydrogens is 443 g/mol. The summed E-state index contributed by atoms with van der Waals surface area (Å²) < 4.78 is 0. The zero-order chi connectivity index (χ0) is 24.0. The van der Waals surface area contributed by atoms with Crippen molar-refractivity contribution >= 4 is 17.8 Å². The number of amides is 1. The number of carbonyl (C=O) groups excluding carboxylic acids is 1. The van der Waals surface area contributed by atoms with Crippen molar-refractivity contribution < 1.29 is 71.2 Å². The van der Waals surface area contributed by atoms with Crippen molar-refractivity contribution in [2.24, 2.45) is 10.9 Å². The summed E-state index contributed by atoms with van der Waals surface area (Å²) in [5, 5.41) is 24.0. The standard InChI is InChI=1S/C26H50N2O4.K/c1-4-7-9-10-11-12-13-14-15-20-24(29)27-21-17-16-19-23(26(31)32)28-25(30)22(6-3)18-8-5-2;/h22-23H,4-21H2,1-3H3,(H,27,29)(H,28,30)(H,31,32);/q;+1/p-1/t22?,23-;/m0./s1. The van der Waals surface area contributed by atoms with E-state index in [1.54, 1.807) is 0 Å². The van der Waals surface area contributed by atoms with Crippen molar-refractivity contribution in [3.05, 3.63) is 0 Å². The summed E-state index contributed by atoms with van der Waals surface area (Å²) in [7, 11) is 0. The summed E-state index contributed by atoms with van der Waals surface area (Å²) in [5.41, 5.74) is 0. The number of aliphatic carboxylic acids is 1. The molecule has 0 aromatic carbocycles. The minimum absolute atomic E-state index is 0. The molecule has 0 aliphatic rings. The predicted octanol–water partition coefficient (Wildman–Crippen LogP) is 2.63. The van der Waals surface area contributed by atoms with E-state index >= 15 is 0 Å². The van der Waals surface area contributed by atoms with Crippen LogP contribution in [-0.2, 0) is 9.59 Å². The van der Waals surface area contributed by atoms with Gasteiger partial charge in [0.05, 0.1) is 0 Å². The molecule has 0 saturated heterocycles. The molecule has 0 aromatic heterocycles. The Hall–Kier alpha value is 0.0464. The number of carboxylic acids is 1. The van der Waals surface area contributed by atoms with Crippen molar-refractivity contribution in [2.45, 2.75) is 136 Å². The van der Waals surface area contributed by atoms with E-state index in [0.29, 0.717) is 32.2 Å². The molecule has 0 aromatic rings. The van der Waals surface area contributed by atoms with Gasteiger partial charge < -0.3 is 20.5 Å². The normalized spacial score (nSPS) is 13.2. The summed E-state index contributed by atoms with van der Waals surface area (Å²) in [6.07, 6.45) is 16.7. The first-order valence-electron chi connectivity index (χ1n) is 13.2. The minimum atomic E-state index is -0.998. The van der Waals surface area contributed by atoms with E-state index in [1.165, 1.54) is 44.9 Å². The van der Waals surface area contributed by atoms with Crippen LogP contribution in [0.3, 0.4) is 0 Å². The van der Waals surface area contributed by atoms with Crippen LogP contribution in [0, 0.1) is 5.92 Å². The van der Waals surface area contributed by atoms with Gasteiger partial charge in [0.2, 0.25) is 5.91 Å². The molecule has 2 N–H and O–H groups in total. The van der Waals surface area contributed by atoms with Crippen LogP contribution in [0.15, 0.2) is 4.99 Å². The van der Waals surface area contributed by atoms with Gasteiger partial charge in [0.15, 0.2) is 0 Å². The molecule has 6 nitrogen and oxygen atoms in total. The van der Waals surface area contributed by atoms with E-state index < -0.39 is 12.0 Å². The number of nitrogens with one attached hydrogen (secondary N) is 1. The topological polar surface area (TPSA) is 102 Å². The molecule has 1 unspecified atom stereocenters. The second-order valence-corrected chi connectivity index (χ2v) is 9.00. The SMILES string of the molecule is CCCCCCCCCCCC([O-])=NCCCC[C@H](NC(=O)C(CC)CCCC)C(=O)O.[K+]. The second-order valence-electron chi connectivity index (χ2n) is 9.00. The fourth-order valence-electron chi connectivity index (χ4n) is 3.85. The number of hydrogen-bond acceptors (Lipinski definition) is 4. The number of unbranched alkanes of at least 4 members (excludes halogenated alkanes) is 10. The first kappa shape index (κ1) is 35.2. The van der Waals surface area contributed by atoms with Gasteiger partial charge in [-0.2, -0.15) is 0 Å². The van der Waals surface area contributed by atoms with Crippen LogP contribution in [0.5, 0.6) is 0 Å². The third-order valence-electron chi connectivity index (χ3n) is 6.07. The Morgan fingerprint density at radius 3 is 1.94 bits per heavy atom. The molecule has 0 aliphatic heterocycles. The van der Waals surface area contributed by atoms with E-state index in [-0.39, 0.29) is 69.1 Å².